The Morgan fingerprint density at radius 2 is 2.06 bits per heavy atom. The predicted molar refractivity (Wildman–Crippen MR) is 59.3 cm³/mol. The van der Waals surface area contributed by atoms with Gasteiger partial charge in [0.2, 0.25) is 0 Å². The van der Waals surface area contributed by atoms with Crippen LogP contribution >= 0.6 is 0 Å². The molecule has 0 aliphatic carbocycles. The smallest absolute Gasteiger partial charge is 0.351 e. The van der Waals surface area contributed by atoms with Crippen molar-refractivity contribution in [1.82, 2.24) is 15.0 Å². The molecule has 1 heterocycles. The van der Waals surface area contributed by atoms with Crippen molar-refractivity contribution in [3.8, 4) is 17.4 Å². The Kier molecular flexibility index (Phi) is 2.86. The number of ether oxygens (including phenoxy) is 1. The number of methoxy groups -OCH3 is 1. The van der Waals surface area contributed by atoms with E-state index in [1.54, 1.807) is 13.0 Å². The summed E-state index contributed by atoms with van der Waals surface area (Å²) >= 11 is 0. The third-order valence-corrected chi connectivity index (χ3v) is 2.13. The van der Waals surface area contributed by atoms with Crippen LogP contribution in [0.25, 0.3) is 11.4 Å². The highest BCUT2D eigenvalue weighted by Crippen LogP contribution is 2.18. The molecule has 0 fully saturated rings. The highest BCUT2D eigenvalue weighted by atomic mass is 19.1. The summed E-state index contributed by atoms with van der Waals surface area (Å²) in [5, 5.41) is 0. The molecule has 0 atom stereocenters. The molecular weight excluding hydrogens is 225 g/mol. The van der Waals surface area contributed by atoms with Gasteiger partial charge in [0.1, 0.15) is 11.6 Å². The highest BCUT2D eigenvalue weighted by molar-refractivity contribution is 5.56. The molecule has 1 aromatic heterocycles. The largest absolute Gasteiger partial charge is 0.467 e. The molecule has 88 valence electrons. The van der Waals surface area contributed by atoms with Crippen molar-refractivity contribution in [2.24, 2.45) is 0 Å². The van der Waals surface area contributed by atoms with Crippen molar-refractivity contribution in [3.63, 3.8) is 0 Å². The Hall–Kier alpha value is -2.24. The lowest BCUT2D eigenvalue weighted by molar-refractivity contribution is 0.377. The van der Waals surface area contributed by atoms with E-state index in [-0.39, 0.29) is 11.8 Å². The van der Waals surface area contributed by atoms with E-state index in [9.17, 15) is 9.18 Å². The SMILES string of the molecule is COc1nc(-c2cc(C)cc(F)c2)[nH]c(=O)n1. The second-order valence-corrected chi connectivity index (χ2v) is 3.51. The van der Waals surface area contributed by atoms with Gasteiger partial charge in [-0.25, -0.2) is 9.18 Å². The first kappa shape index (κ1) is 11.3. The van der Waals surface area contributed by atoms with Gasteiger partial charge in [0.05, 0.1) is 7.11 Å². The Morgan fingerprint density at radius 1 is 1.29 bits per heavy atom. The number of benzene rings is 1. The number of aryl methyl sites for hydroxylation is 1. The summed E-state index contributed by atoms with van der Waals surface area (Å²) in [5.41, 5.74) is 0.618. The van der Waals surface area contributed by atoms with E-state index in [1.807, 2.05) is 0 Å². The van der Waals surface area contributed by atoms with E-state index in [4.69, 9.17) is 4.74 Å². The van der Waals surface area contributed by atoms with Crippen molar-refractivity contribution in [1.29, 1.82) is 0 Å². The zero-order valence-electron chi connectivity index (χ0n) is 9.32. The third-order valence-electron chi connectivity index (χ3n) is 2.13. The number of halogens is 1. The molecule has 0 saturated carbocycles. The maximum atomic E-state index is 13.2. The number of hydrogen-bond donors (Lipinski definition) is 1. The molecule has 0 bridgehead atoms. The molecule has 2 aromatic rings. The molecule has 0 aliphatic rings. The zero-order chi connectivity index (χ0) is 12.4. The van der Waals surface area contributed by atoms with Gasteiger partial charge in [-0.15, -0.1) is 4.98 Å². The molecule has 2 rings (SSSR count). The molecule has 5 nitrogen and oxygen atoms in total. The van der Waals surface area contributed by atoms with Gasteiger partial charge in [-0.3, -0.25) is 4.98 Å². The summed E-state index contributed by atoms with van der Waals surface area (Å²) < 4.78 is 18.0. The van der Waals surface area contributed by atoms with Gasteiger partial charge in [0.25, 0.3) is 0 Å². The predicted octanol–water partition coefficient (Wildman–Crippen LogP) is 1.29. The molecule has 0 unspecified atom stereocenters. The van der Waals surface area contributed by atoms with Gasteiger partial charge >= 0.3 is 11.7 Å². The topological polar surface area (TPSA) is 67.9 Å². The van der Waals surface area contributed by atoms with Gasteiger partial charge in [0.15, 0.2) is 0 Å². The summed E-state index contributed by atoms with van der Waals surface area (Å²) in [6, 6.07) is 4.33. The monoisotopic (exact) mass is 235 g/mol. The van der Waals surface area contributed by atoms with Gasteiger partial charge in [0, 0.05) is 5.56 Å². The van der Waals surface area contributed by atoms with Crippen LogP contribution in [0.3, 0.4) is 0 Å². The highest BCUT2D eigenvalue weighted by Gasteiger charge is 2.07. The molecule has 0 radical (unpaired) electrons. The summed E-state index contributed by atoms with van der Waals surface area (Å²) in [5.74, 6) is -0.164. The zero-order valence-corrected chi connectivity index (χ0v) is 9.32. The van der Waals surface area contributed by atoms with Gasteiger partial charge in [-0.2, -0.15) is 4.98 Å². The second-order valence-electron chi connectivity index (χ2n) is 3.51. The van der Waals surface area contributed by atoms with E-state index in [0.717, 1.165) is 5.56 Å². The maximum absolute atomic E-state index is 13.2. The van der Waals surface area contributed by atoms with E-state index in [2.05, 4.69) is 15.0 Å². The Labute approximate surface area is 96.3 Å². The fourth-order valence-corrected chi connectivity index (χ4v) is 1.47. The second kappa shape index (κ2) is 4.32. The summed E-state index contributed by atoms with van der Waals surface area (Å²) in [6.45, 7) is 1.75. The van der Waals surface area contributed by atoms with E-state index < -0.39 is 11.5 Å². The molecule has 6 heteroatoms. The van der Waals surface area contributed by atoms with Gasteiger partial charge in [-0.1, -0.05) is 0 Å². The standard InChI is InChI=1S/C11H10FN3O2/c1-6-3-7(5-8(12)4-6)9-13-10(16)15-11(14-9)17-2/h3-5H,1-2H3,(H,13,14,15,16). The Balaban J connectivity index is 2.59. The fourth-order valence-electron chi connectivity index (χ4n) is 1.47. The van der Waals surface area contributed by atoms with Crippen molar-refractivity contribution in [3.05, 3.63) is 40.1 Å². The van der Waals surface area contributed by atoms with Crippen molar-refractivity contribution in [2.75, 3.05) is 7.11 Å². The normalized spacial score (nSPS) is 10.3. The molecule has 1 N–H and O–H groups in total. The third kappa shape index (κ3) is 2.47. The summed E-state index contributed by atoms with van der Waals surface area (Å²) in [6.07, 6.45) is 0. The lowest BCUT2D eigenvalue weighted by Crippen LogP contribution is -2.14. The summed E-state index contributed by atoms with van der Waals surface area (Å²) in [7, 11) is 1.36. The quantitative estimate of drug-likeness (QED) is 0.851. The minimum absolute atomic E-state index is 0.0503. The first-order valence-corrected chi connectivity index (χ1v) is 4.88. The number of nitrogens with zero attached hydrogens (tertiary/aromatic N) is 2. The maximum Gasteiger partial charge on any atom is 0.351 e. The van der Waals surface area contributed by atoms with Crippen molar-refractivity contribution < 1.29 is 9.13 Å². The molecule has 0 spiro atoms. The fraction of sp³-hybridized carbons (Fsp3) is 0.182. The molecular formula is C11H10FN3O2. The van der Waals surface area contributed by atoms with Gasteiger partial charge in [-0.05, 0) is 30.7 Å². The van der Waals surface area contributed by atoms with Crippen LogP contribution in [-0.2, 0) is 0 Å². The van der Waals surface area contributed by atoms with Gasteiger partial charge < -0.3 is 4.74 Å². The molecule has 17 heavy (non-hydrogen) atoms. The number of nitrogens with one attached hydrogen (secondary N) is 1. The van der Waals surface area contributed by atoms with Crippen LogP contribution in [0, 0.1) is 12.7 Å². The summed E-state index contributed by atoms with van der Waals surface area (Å²) in [4.78, 5) is 21.1. The van der Waals surface area contributed by atoms with Crippen LogP contribution in [0.1, 0.15) is 5.56 Å². The van der Waals surface area contributed by atoms with Crippen LogP contribution in [0.2, 0.25) is 0 Å². The lowest BCUT2D eigenvalue weighted by atomic mass is 10.1. The average molecular weight is 235 g/mol. The average Bonchev–Trinajstić information content (AvgIpc) is 2.26. The minimum atomic E-state index is -0.589. The first-order valence-electron chi connectivity index (χ1n) is 4.88. The molecule has 1 aromatic carbocycles. The molecule has 0 amide bonds. The van der Waals surface area contributed by atoms with Crippen LogP contribution in [-0.4, -0.2) is 22.1 Å². The molecule has 0 aliphatic heterocycles. The number of hydrogen-bond acceptors (Lipinski definition) is 4. The Bertz CT molecular complexity index is 590. The lowest BCUT2D eigenvalue weighted by Gasteiger charge is -2.03. The number of aromatic amines is 1. The number of rotatable bonds is 2. The minimum Gasteiger partial charge on any atom is -0.467 e. The number of H-pyrrole nitrogens is 1. The van der Waals surface area contributed by atoms with E-state index in [1.165, 1.54) is 19.2 Å². The van der Waals surface area contributed by atoms with Crippen LogP contribution < -0.4 is 10.4 Å². The van der Waals surface area contributed by atoms with Crippen LogP contribution in [0.4, 0.5) is 4.39 Å². The van der Waals surface area contributed by atoms with E-state index in [0.29, 0.717) is 5.56 Å². The molecule has 0 saturated heterocycles. The van der Waals surface area contributed by atoms with Crippen molar-refractivity contribution in [2.45, 2.75) is 6.92 Å². The van der Waals surface area contributed by atoms with E-state index >= 15 is 0 Å². The Morgan fingerprint density at radius 3 is 2.71 bits per heavy atom. The number of aromatic nitrogens is 3. The van der Waals surface area contributed by atoms with Crippen molar-refractivity contribution >= 4 is 0 Å². The van der Waals surface area contributed by atoms with Crippen LogP contribution in [0.15, 0.2) is 23.0 Å². The van der Waals surface area contributed by atoms with Crippen LogP contribution in [0.5, 0.6) is 6.01 Å². The first-order chi connectivity index (χ1) is 8.08.